The molecule has 96 valence electrons. The van der Waals surface area contributed by atoms with Crippen molar-refractivity contribution in [1.82, 2.24) is 9.88 Å². The van der Waals surface area contributed by atoms with E-state index in [0.29, 0.717) is 6.04 Å². The van der Waals surface area contributed by atoms with Gasteiger partial charge in [-0.1, -0.05) is 6.92 Å². The number of hydrogen-bond donors (Lipinski definition) is 1. The summed E-state index contributed by atoms with van der Waals surface area (Å²) in [7, 11) is 0. The average molecular weight is 252 g/mol. The lowest BCUT2D eigenvalue weighted by Gasteiger charge is -2.15. The molecule has 0 amide bonds. The van der Waals surface area contributed by atoms with E-state index >= 15 is 0 Å². The molecule has 1 N–H and O–H groups in total. The fourth-order valence-corrected chi connectivity index (χ4v) is 2.80. The van der Waals surface area contributed by atoms with Gasteiger partial charge < -0.3 is 9.88 Å². The Bertz CT molecular complexity index is 331. The van der Waals surface area contributed by atoms with Gasteiger partial charge in [0.25, 0.3) is 0 Å². The second kappa shape index (κ2) is 6.50. The number of hydrogen-bond acceptors (Lipinski definition) is 2. The van der Waals surface area contributed by atoms with Crippen molar-refractivity contribution < 1.29 is 0 Å². The fraction of sp³-hybridized carbons (Fsp3) is 0.714. The van der Waals surface area contributed by atoms with Gasteiger partial charge >= 0.3 is 0 Å². The number of thioether (sulfide) groups is 1. The van der Waals surface area contributed by atoms with Crippen LogP contribution in [0.4, 0.5) is 0 Å². The molecule has 0 aliphatic heterocycles. The third kappa shape index (κ3) is 3.78. The Labute approximate surface area is 109 Å². The van der Waals surface area contributed by atoms with Crippen molar-refractivity contribution in [3.05, 3.63) is 24.0 Å². The van der Waals surface area contributed by atoms with Gasteiger partial charge in [0, 0.05) is 25.0 Å². The van der Waals surface area contributed by atoms with Gasteiger partial charge in [-0.05, 0) is 55.4 Å². The van der Waals surface area contributed by atoms with Crippen LogP contribution in [0.1, 0.15) is 37.8 Å². The quantitative estimate of drug-likeness (QED) is 0.715. The maximum Gasteiger partial charge on any atom is 0.0363 e. The zero-order chi connectivity index (χ0) is 12.1. The summed E-state index contributed by atoms with van der Waals surface area (Å²) in [5, 5.41) is 3.62. The van der Waals surface area contributed by atoms with Crippen molar-refractivity contribution in [3.63, 3.8) is 0 Å². The summed E-state index contributed by atoms with van der Waals surface area (Å²) >= 11 is 1.93. The number of nitrogens with zero attached hydrogens (tertiary/aromatic N) is 1. The molecule has 2 rings (SSSR count). The van der Waals surface area contributed by atoms with Gasteiger partial charge in [-0.2, -0.15) is 11.8 Å². The molecule has 0 radical (unpaired) electrons. The van der Waals surface area contributed by atoms with Crippen molar-refractivity contribution in [3.8, 4) is 0 Å². The molecular formula is C14H24N2S. The molecule has 3 heteroatoms. The van der Waals surface area contributed by atoms with E-state index in [9.17, 15) is 0 Å². The van der Waals surface area contributed by atoms with Gasteiger partial charge in [-0.15, -0.1) is 0 Å². The topological polar surface area (TPSA) is 17.0 Å². The van der Waals surface area contributed by atoms with Crippen molar-refractivity contribution in [2.75, 3.05) is 18.6 Å². The zero-order valence-electron chi connectivity index (χ0n) is 11.0. The minimum Gasteiger partial charge on any atom is -0.354 e. The van der Waals surface area contributed by atoms with Gasteiger partial charge in [0.1, 0.15) is 0 Å². The van der Waals surface area contributed by atoms with E-state index in [4.69, 9.17) is 0 Å². The summed E-state index contributed by atoms with van der Waals surface area (Å²) in [5.74, 6) is 2.14. The first-order chi connectivity index (χ1) is 8.35. The molecule has 1 aliphatic carbocycles. The highest BCUT2D eigenvalue weighted by molar-refractivity contribution is 7.98. The van der Waals surface area contributed by atoms with E-state index in [0.717, 1.165) is 19.0 Å². The molecule has 1 unspecified atom stereocenters. The second-order valence-electron chi connectivity index (χ2n) is 4.90. The summed E-state index contributed by atoms with van der Waals surface area (Å²) in [4.78, 5) is 0. The maximum atomic E-state index is 3.62. The van der Waals surface area contributed by atoms with Crippen LogP contribution in [0.3, 0.4) is 0 Å². The van der Waals surface area contributed by atoms with E-state index in [1.807, 2.05) is 11.8 Å². The van der Waals surface area contributed by atoms with Gasteiger partial charge in [0.05, 0.1) is 0 Å². The van der Waals surface area contributed by atoms with Crippen molar-refractivity contribution >= 4 is 11.8 Å². The molecule has 0 aromatic carbocycles. The standard InChI is InChI=1S/C14H24N2S/c1-3-15-14(12-5-6-12)13-7-9-16(11-13)8-4-10-17-2/h7,9,11-12,14-15H,3-6,8,10H2,1-2H3. The van der Waals surface area contributed by atoms with Gasteiger partial charge in [-0.25, -0.2) is 0 Å². The van der Waals surface area contributed by atoms with Crippen LogP contribution in [0.2, 0.25) is 0 Å². The molecule has 1 fully saturated rings. The lowest BCUT2D eigenvalue weighted by Crippen LogP contribution is -2.22. The van der Waals surface area contributed by atoms with E-state index < -0.39 is 0 Å². The molecule has 0 spiro atoms. The largest absolute Gasteiger partial charge is 0.354 e. The van der Waals surface area contributed by atoms with Crippen LogP contribution in [0.5, 0.6) is 0 Å². The molecule has 0 bridgehead atoms. The van der Waals surface area contributed by atoms with Crippen LogP contribution in [-0.2, 0) is 6.54 Å². The molecule has 1 aliphatic rings. The Hall–Kier alpha value is -0.410. The monoisotopic (exact) mass is 252 g/mol. The summed E-state index contributed by atoms with van der Waals surface area (Å²) in [6.07, 6.45) is 10.8. The highest BCUT2D eigenvalue weighted by atomic mass is 32.2. The highest BCUT2D eigenvalue weighted by Crippen LogP contribution is 2.40. The molecular weight excluding hydrogens is 228 g/mol. The normalized spacial score (nSPS) is 17.3. The molecule has 1 heterocycles. The number of rotatable bonds is 8. The number of aromatic nitrogens is 1. The van der Waals surface area contributed by atoms with Gasteiger partial charge in [0.2, 0.25) is 0 Å². The molecule has 2 nitrogen and oxygen atoms in total. The van der Waals surface area contributed by atoms with E-state index in [-0.39, 0.29) is 0 Å². The summed E-state index contributed by atoms with van der Waals surface area (Å²) in [6, 6.07) is 2.90. The summed E-state index contributed by atoms with van der Waals surface area (Å²) in [6.45, 7) is 4.42. The van der Waals surface area contributed by atoms with Crippen molar-refractivity contribution in [2.45, 2.75) is 38.8 Å². The van der Waals surface area contributed by atoms with Crippen LogP contribution in [0.25, 0.3) is 0 Å². The predicted molar refractivity (Wildman–Crippen MR) is 76.6 cm³/mol. The Kier molecular flexibility index (Phi) is 4.99. The Morgan fingerprint density at radius 3 is 3.00 bits per heavy atom. The van der Waals surface area contributed by atoms with Crippen LogP contribution in [-0.4, -0.2) is 23.1 Å². The van der Waals surface area contributed by atoms with Gasteiger partial charge in [-0.3, -0.25) is 0 Å². The third-order valence-corrected chi connectivity index (χ3v) is 4.11. The lowest BCUT2D eigenvalue weighted by atomic mass is 10.1. The zero-order valence-corrected chi connectivity index (χ0v) is 11.8. The van der Waals surface area contributed by atoms with Crippen LogP contribution in [0.15, 0.2) is 18.5 Å². The Morgan fingerprint density at radius 1 is 1.53 bits per heavy atom. The maximum absolute atomic E-state index is 3.62. The minimum absolute atomic E-state index is 0.599. The average Bonchev–Trinajstić information content (AvgIpc) is 3.06. The van der Waals surface area contributed by atoms with Crippen LogP contribution < -0.4 is 5.32 Å². The van der Waals surface area contributed by atoms with E-state index in [2.05, 4.69) is 41.5 Å². The third-order valence-electron chi connectivity index (χ3n) is 3.41. The summed E-state index contributed by atoms with van der Waals surface area (Å²) in [5.41, 5.74) is 1.48. The first kappa shape index (κ1) is 13.0. The number of nitrogens with one attached hydrogen (secondary N) is 1. The smallest absolute Gasteiger partial charge is 0.0363 e. The van der Waals surface area contributed by atoms with E-state index in [1.54, 1.807) is 0 Å². The molecule has 1 aromatic rings. The fourth-order valence-electron chi connectivity index (χ4n) is 2.38. The number of aryl methyl sites for hydroxylation is 1. The van der Waals surface area contributed by atoms with E-state index in [1.165, 1.54) is 30.6 Å². The van der Waals surface area contributed by atoms with Crippen LogP contribution in [0, 0.1) is 5.92 Å². The molecule has 1 atom stereocenters. The first-order valence-electron chi connectivity index (χ1n) is 6.73. The predicted octanol–water partition coefficient (Wildman–Crippen LogP) is 3.30. The SMILES string of the molecule is CCNC(c1ccn(CCCSC)c1)C1CC1. The first-order valence-corrected chi connectivity index (χ1v) is 8.12. The van der Waals surface area contributed by atoms with Crippen molar-refractivity contribution in [2.24, 2.45) is 5.92 Å². The van der Waals surface area contributed by atoms with Crippen LogP contribution >= 0.6 is 11.8 Å². The minimum atomic E-state index is 0.599. The van der Waals surface area contributed by atoms with Crippen molar-refractivity contribution in [1.29, 1.82) is 0 Å². The molecule has 1 saturated carbocycles. The van der Waals surface area contributed by atoms with Gasteiger partial charge in [0.15, 0.2) is 0 Å². The lowest BCUT2D eigenvalue weighted by molar-refractivity contribution is 0.495. The molecule has 1 aromatic heterocycles. The Morgan fingerprint density at radius 2 is 2.35 bits per heavy atom. The summed E-state index contributed by atoms with van der Waals surface area (Å²) < 4.78 is 2.35. The highest BCUT2D eigenvalue weighted by Gasteiger charge is 2.31. The second-order valence-corrected chi connectivity index (χ2v) is 5.89. The Balaban J connectivity index is 1.90. The molecule has 0 saturated heterocycles. The molecule has 17 heavy (non-hydrogen) atoms.